The average molecular weight is 360 g/mol. The molecule has 0 spiro atoms. The number of hydrogen-bond donors (Lipinski definition) is 2. The number of nitrogens with two attached hydrogens (primary N) is 1. The summed E-state index contributed by atoms with van der Waals surface area (Å²) in [5, 5.41) is 2.93. The first-order chi connectivity index (χ1) is 10.8. The van der Waals surface area contributed by atoms with Gasteiger partial charge in [0.2, 0.25) is 11.8 Å². The van der Waals surface area contributed by atoms with Crippen molar-refractivity contribution in [1.82, 2.24) is 10.2 Å². The van der Waals surface area contributed by atoms with E-state index in [4.69, 9.17) is 10.5 Å². The standard InChI is InChI=1S/C17H29N3O3.ClH/c1-11(21)19-12-6-4-8-20(10-12)15(22)17(18)13-7-5-9-23-14(13)16(17,2)3;/h12-14H,4-10,18H2,1-3H3,(H,19,21);1H. The van der Waals surface area contributed by atoms with Crippen molar-refractivity contribution in [2.24, 2.45) is 17.1 Å². The largest absolute Gasteiger partial charge is 0.377 e. The molecule has 0 aromatic heterocycles. The highest BCUT2D eigenvalue weighted by molar-refractivity contribution is 5.89. The van der Waals surface area contributed by atoms with Crippen molar-refractivity contribution in [1.29, 1.82) is 0 Å². The second-order valence-electron chi connectivity index (χ2n) is 7.92. The molecule has 0 bridgehead atoms. The lowest BCUT2D eigenvalue weighted by Crippen LogP contribution is -2.82. The molecule has 2 amide bonds. The molecule has 3 rings (SSSR count). The van der Waals surface area contributed by atoms with Crippen molar-refractivity contribution in [3.05, 3.63) is 0 Å². The summed E-state index contributed by atoms with van der Waals surface area (Å²) in [6.07, 6.45) is 3.83. The number of nitrogens with one attached hydrogen (secondary N) is 1. The van der Waals surface area contributed by atoms with Crippen molar-refractivity contribution < 1.29 is 14.3 Å². The number of halogens is 1. The maximum Gasteiger partial charge on any atom is 0.243 e. The molecule has 2 aliphatic heterocycles. The molecule has 138 valence electrons. The number of rotatable bonds is 2. The Hall–Kier alpha value is -0.850. The van der Waals surface area contributed by atoms with Gasteiger partial charge in [0, 0.05) is 44.0 Å². The molecule has 0 radical (unpaired) electrons. The van der Waals surface area contributed by atoms with Crippen LogP contribution < -0.4 is 11.1 Å². The second kappa shape index (κ2) is 6.81. The monoisotopic (exact) mass is 359 g/mol. The van der Waals surface area contributed by atoms with E-state index in [1.54, 1.807) is 0 Å². The fourth-order valence-electron chi connectivity index (χ4n) is 4.84. The van der Waals surface area contributed by atoms with Crippen LogP contribution in [0.3, 0.4) is 0 Å². The topological polar surface area (TPSA) is 84.7 Å². The summed E-state index contributed by atoms with van der Waals surface area (Å²) in [5.41, 5.74) is 5.50. The second-order valence-corrected chi connectivity index (χ2v) is 7.92. The number of carbonyl (C=O) groups is 2. The summed E-state index contributed by atoms with van der Waals surface area (Å²) >= 11 is 0. The summed E-state index contributed by atoms with van der Waals surface area (Å²) in [4.78, 5) is 26.4. The van der Waals surface area contributed by atoms with Gasteiger partial charge in [0.15, 0.2) is 0 Å². The van der Waals surface area contributed by atoms with E-state index < -0.39 is 5.54 Å². The molecular weight excluding hydrogens is 330 g/mol. The van der Waals surface area contributed by atoms with E-state index in [1.807, 2.05) is 18.7 Å². The first-order valence-corrected chi connectivity index (χ1v) is 8.75. The Bertz CT molecular complexity index is 513. The highest BCUT2D eigenvalue weighted by Gasteiger charge is 2.70. The van der Waals surface area contributed by atoms with Crippen molar-refractivity contribution in [2.45, 2.75) is 64.1 Å². The molecule has 3 aliphatic rings. The predicted octanol–water partition coefficient (Wildman–Crippen LogP) is 1.07. The minimum absolute atomic E-state index is 0. The van der Waals surface area contributed by atoms with Gasteiger partial charge in [-0.15, -0.1) is 12.4 Å². The third-order valence-electron chi connectivity index (χ3n) is 6.15. The molecule has 1 saturated carbocycles. The Morgan fingerprint density at radius 1 is 1.25 bits per heavy atom. The molecule has 0 aromatic rings. The molecule has 4 unspecified atom stereocenters. The SMILES string of the molecule is CC(=O)NC1CCCN(C(=O)C2(N)C3CCCOC3C2(C)C)C1.Cl. The summed E-state index contributed by atoms with van der Waals surface area (Å²) in [6.45, 7) is 7.67. The number of nitrogens with zero attached hydrogens (tertiary/aromatic N) is 1. The van der Waals surface area contributed by atoms with Crippen LogP contribution in [0, 0.1) is 11.3 Å². The van der Waals surface area contributed by atoms with Crippen molar-refractivity contribution >= 4 is 24.2 Å². The van der Waals surface area contributed by atoms with Gasteiger partial charge < -0.3 is 20.7 Å². The third-order valence-corrected chi connectivity index (χ3v) is 6.15. The summed E-state index contributed by atoms with van der Waals surface area (Å²) in [5.74, 6) is 0.0978. The molecule has 4 atom stereocenters. The number of amides is 2. The van der Waals surface area contributed by atoms with Crippen LogP contribution in [0.2, 0.25) is 0 Å². The highest BCUT2D eigenvalue weighted by Crippen LogP contribution is 2.58. The minimum atomic E-state index is -0.851. The van der Waals surface area contributed by atoms with Gasteiger partial charge in [-0.3, -0.25) is 9.59 Å². The van der Waals surface area contributed by atoms with Crippen LogP contribution in [0.25, 0.3) is 0 Å². The Labute approximate surface area is 150 Å². The van der Waals surface area contributed by atoms with Gasteiger partial charge in [-0.2, -0.15) is 0 Å². The van der Waals surface area contributed by atoms with Gasteiger partial charge >= 0.3 is 0 Å². The molecule has 2 heterocycles. The number of fused-ring (bicyclic) bond motifs is 1. The van der Waals surface area contributed by atoms with Crippen LogP contribution in [0.15, 0.2) is 0 Å². The smallest absolute Gasteiger partial charge is 0.243 e. The summed E-state index contributed by atoms with van der Waals surface area (Å²) < 4.78 is 5.89. The molecular formula is C17H30ClN3O3. The fraction of sp³-hybridized carbons (Fsp3) is 0.882. The van der Waals surface area contributed by atoms with Crippen LogP contribution in [0.4, 0.5) is 0 Å². The van der Waals surface area contributed by atoms with Gasteiger partial charge in [-0.25, -0.2) is 0 Å². The Kier molecular flexibility index (Phi) is 5.52. The maximum absolute atomic E-state index is 13.2. The zero-order valence-corrected chi connectivity index (χ0v) is 15.7. The lowest BCUT2D eigenvalue weighted by molar-refractivity contribution is -0.230. The summed E-state index contributed by atoms with van der Waals surface area (Å²) in [7, 11) is 0. The molecule has 6 nitrogen and oxygen atoms in total. The first kappa shape index (κ1) is 19.5. The number of likely N-dealkylation sites (tertiary alicyclic amines) is 1. The van der Waals surface area contributed by atoms with E-state index in [1.165, 1.54) is 6.92 Å². The molecule has 0 aromatic carbocycles. The molecule has 3 fully saturated rings. The quantitative estimate of drug-likeness (QED) is 0.772. The molecule has 3 N–H and O–H groups in total. The molecule has 7 heteroatoms. The van der Waals surface area contributed by atoms with Crippen LogP contribution >= 0.6 is 12.4 Å². The van der Waals surface area contributed by atoms with E-state index in [9.17, 15) is 9.59 Å². The Balaban J connectivity index is 0.00000208. The van der Waals surface area contributed by atoms with Crippen molar-refractivity contribution in [3.8, 4) is 0 Å². The van der Waals surface area contributed by atoms with E-state index in [0.717, 1.165) is 38.8 Å². The highest BCUT2D eigenvalue weighted by atomic mass is 35.5. The summed E-state index contributed by atoms with van der Waals surface area (Å²) in [6, 6.07) is 0.0374. The number of ether oxygens (including phenoxy) is 1. The number of carbonyl (C=O) groups excluding carboxylic acids is 2. The van der Waals surface area contributed by atoms with Crippen LogP contribution in [-0.4, -0.2) is 54.1 Å². The molecule has 2 saturated heterocycles. The van der Waals surface area contributed by atoms with Crippen LogP contribution in [-0.2, 0) is 14.3 Å². The lowest BCUT2D eigenvalue weighted by Gasteiger charge is -2.66. The van der Waals surface area contributed by atoms with Gasteiger partial charge in [0.1, 0.15) is 5.54 Å². The van der Waals surface area contributed by atoms with Crippen molar-refractivity contribution in [3.63, 3.8) is 0 Å². The average Bonchev–Trinajstić information content (AvgIpc) is 2.53. The maximum atomic E-state index is 13.2. The normalized spacial score (nSPS) is 37.5. The van der Waals surface area contributed by atoms with Gasteiger partial charge in [-0.05, 0) is 25.7 Å². The van der Waals surface area contributed by atoms with Gasteiger partial charge in [0.25, 0.3) is 0 Å². The zero-order chi connectivity index (χ0) is 16.8. The van der Waals surface area contributed by atoms with Gasteiger partial charge in [-0.1, -0.05) is 13.8 Å². The van der Waals surface area contributed by atoms with Crippen LogP contribution in [0.1, 0.15) is 46.5 Å². The minimum Gasteiger partial charge on any atom is -0.377 e. The zero-order valence-electron chi connectivity index (χ0n) is 14.8. The van der Waals surface area contributed by atoms with E-state index in [0.29, 0.717) is 6.54 Å². The van der Waals surface area contributed by atoms with Crippen LogP contribution in [0.5, 0.6) is 0 Å². The first-order valence-electron chi connectivity index (χ1n) is 8.75. The Morgan fingerprint density at radius 2 is 1.96 bits per heavy atom. The van der Waals surface area contributed by atoms with Crippen molar-refractivity contribution in [2.75, 3.05) is 19.7 Å². The van der Waals surface area contributed by atoms with E-state index in [-0.39, 0.29) is 47.7 Å². The Morgan fingerprint density at radius 3 is 2.62 bits per heavy atom. The fourth-order valence-corrected chi connectivity index (χ4v) is 4.84. The molecule has 1 aliphatic carbocycles. The number of piperidine rings is 1. The third kappa shape index (κ3) is 2.82. The predicted molar refractivity (Wildman–Crippen MR) is 93.8 cm³/mol. The van der Waals surface area contributed by atoms with E-state index in [2.05, 4.69) is 5.32 Å². The lowest BCUT2D eigenvalue weighted by atomic mass is 9.46. The van der Waals surface area contributed by atoms with E-state index >= 15 is 0 Å². The van der Waals surface area contributed by atoms with Gasteiger partial charge in [0.05, 0.1) is 6.10 Å². The number of hydrogen-bond acceptors (Lipinski definition) is 4. The molecule has 24 heavy (non-hydrogen) atoms.